The van der Waals surface area contributed by atoms with Crippen molar-refractivity contribution in [2.24, 2.45) is 5.92 Å². The first-order valence-electron chi connectivity index (χ1n) is 5.33. The van der Waals surface area contributed by atoms with Gasteiger partial charge in [-0.2, -0.15) is 0 Å². The van der Waals surface area contributed by atoms with Crippen molar-refractivity contribution in [1.82, 2.24) is 4.90 Å². The Labute approximate surface area is 83.3 Å². The smallest absolute Gasteiger partial charge is 0.219 e. The second-order valence-corrected chi connectivity index (χ2v) is 3.28. The molecule has 1 amide bonds. The molecule has 0 saturated heterocycles. The number of nitrogens with zero attached hydrogens (tertiary/aromatic N) is 1. The van der Waals surface area contributed by atoms with Gasteiger partial charge in [-0.3, -0.25) is 4.79 Å². The minimum atomic E-state index is 0.188. The molecular formula is C11H25NO. The van der Waals surface area contributed by atoms with Crippen molar-refractivity contribution in [3.05, 3.63) is 0 Å². The van der Waals surface area contributed by atoms with E-state index in [1.807, 2.05) is 25.7 Å². The van der Waals surface area contributed by atoms with Crippen molar-refractivity contribution in [2.75, 3.05) is 13.1 Å². The van der Waals surface area contributed by atoms with Gasteiger partial charge in [-0.25, -0.2) is 0 Å². The Balaban J connectivity index is 0. The molecule has 0 aliphatic rings. The molecule has 0 fully saturated rings. The Morgan fingerprint density at radius 2 is 1.77 bits per heavy atom. The molecule has 0 aromatic heterocycles. The Hall–Kier alpha value is -0.530. The number of rotatable bonds is 4. The third-order valence-corrected chi connectivity index (χ3v) is 1.80. The van der Waals surface area contributed by atoms with Crippen molar-refractivity contribution in [1.29, 1.82) is 0 Å². The van der Waals surface area contributed by atoms with E-state index in [1.165, 1.54) is 0 Å². The molecule has 2 nitrogen and oxygen atoms in total. The van der Waals surface area contributed by atoms with E-state index in [9.17, 15) is 4.79 Å². The predicted octanol–water partition coefficient (Wildman–Crippen LogP) is 2.93. The maximum atomic E-state index is 10.9. The molecule has 2 heteroatoms. The fraction of sp³-hybridized carbons (Fsp3) is 0.909. The molecule has 0 unspecified atom stereocenters. The summed E-state index contributed by atoms with van der Waals surface area (Å²) in [6.45, 7) is 13.7. The fourth-order valence-electron chi connectivity index (χ4n) is 0.952. The lowest BCUT2D eigenvalue weighted by atomic mass is 10.1. The highest BCUT2D eigenvalue weighted by atomic mass is 16.2. The van der Waals surface area contributed by atoms with E-state index in [0.29, 0.717) is 5.92 Å². The third-order valence-electron chi connectivity index (χ3n) is 1.80. The molecule has 0 N–H and O–H groups in total. The Kier molecular flexibility index (Phi) is 11.0. The second-order valence-electron chi connectivity index (χ2n) is 3.28. The van der Waals surface area contributed by atoms with E-state index in [0.717, 1.165) is 19.5 Å². The molecule has 0 spiro atoms. The van der Waals surface area contributed by atoms with Gasteiger partial charge in [0, 0.05) is 20.0 Å². The maximum absolute atomic E-state index is 10.9. The first kappa shape index (κ1) is 15.0. The summed E-state index contributed by atoms with van der Waals surface area (Å²) in [5, 5.41) is 0. The summed E-state index contributed by atoms with van der Waals surface area (Å²) in [6, 6.07) is 0. The van der Waals surface area contributed by atoms with E-state index in [1.54, 1.807) is 6.92 Å². The zero-order valence-electron chi connectivity index (χ0n) is 10.1. The van der Waals surface area contributed by atoms with Crippen LogP contribution in [0.4, 0.5) is 0 Å². The van der Waals surface area contributed by atoms with E-state index >= 15 is 0 Å². The largest absolute Gasteiger partial charge is 0.343 e. The van der Waals surface area contributed by atoms with Crippen LogP contribution in [0, 0.1) is 5.92 Å². The zero-order valence-corrected chi connectivity index (χ0v) is 10.1. The van der Waals surface area contributed by atoms with Crippen LogP contribution in [0.5, 0.6) is 0 Å². The molecule has 0 saturated carbocycles. The summed E-state index contributed by atoms with van der Waals surface area (Å²) in [5.41, 5.74) is 0. The highest BCUT2D eigenvalue weighted by Gasteiger charge is 2.05. The van der Waals surface area contributed by atoms with Crippen LogP contribution in [0.1, 0.15) is 48.0 Å². The number of amides is 1. The van der Waals surface area contributed by atoms with Crippen LogP contribution >= 0.6 is 0 Å². The average molecular weight is 187 g/mol. The molecule has 0 atom stereocenters. The number of hydrogen-bond acceptors (Lipinski definition) is 1. The van der Waals surface area contributed by atoms with Crippen molar-refractivity contribution in [2.45, 2.75) is 48.0 Å². The minimum Gasteiger partial charge on any atom is -0.343 e. The summed E-state index contributed by atoms with van der Waals surface area (Å²) in [7, 11) is 0. The molecule has 0 aliphatic heterocycles. The summed E-state index contributed by atoms with van der Waals surface area (Å²) in [4.78, 5) is 12.8. The van der Waals surface area contributed by atoms with Crippen molar-refractivity contribution in [3.8, 4) is 0 Å². The van der Waals surface area contributed by atoms with Gasteiger partial charge in [0.25, 0.3) is 0 Å². The number of carbonyl (C=O) groups excluding carboxylic acids is 1. The third kappa shape index (κ3) is 9.38. The van der Waals surface area contributed by atoms with Crippen LogP contribution < -0.4 is 0 Å². The van der Waals surface area contributed by atoms with Crippen LogP contribution in [-0.4, -0.2) is 23.9 Å². The SMILES string of the molecule is CC.CCN(CCC(C)C)C(C)=O. The molecule has 0 bridgehead atoms. The van der Waals surface area contributed by atoms with Crippen molar-refractivity contribution >= 4 is 5.91 Å². The minimum absolute atomic E-state index is 0.188. The van der Waals surface area contributed by atoms with Crippen LogP contribution in [0.15, 0.2) is 0 Å². The molecule has 13 heavy (non-hydrogen) atoms. The first-order valence-corrected chi connectivity index (χ1v) is 5.33. The fourth-order valence-corrected chi connectivity index (χ4v) is 0.952. The average Bonchev–Trinajstić information content (AvgIpc) is 2.08. The highest BCUT2D eigenvalue weighted by molar-refractivity contribution is 5.73. The zero-order chi connectivity index (χ0) is 10.9. The van der Waals surface area contributed by atoms with Crippen LogP contribution in [-0.2, 0) is 4.79 Å². The standard InChI is InChI=1S/C9H19NO.C2H6/c1-5-10(9(4)11)7-6-8(2)3;1-2/h8H,5-7H2,1-4H3;1-2H3. The summed E-state index contributed by atoms with van der Waals surface area (Å²) < 4.78 is 0. The molecule has 0 aromatic rings. The van der Waals surface area contributed by atoms with Crippen LogP contribution in [0.25, 0.3) is 0 Å². The van der Waals surface area contributed by atoms with Gasteiger partial charge in [-0.05, 0) is 19.3 Å². The van der Waals surface area contributed by atoms with Gasteiger partial charge in [0.05, 0.1) is 0 Å². The van der Waals surface area contributed by atoms with E-state index in [4.69, 9.17) is 0 Å². The Morgan fingerprint density at radius 3 is 2.00 bits per heavy atom. The van der Waals surface area contributed by atoms with E-state index in [2.05, 4.69) is 13.8 Å². The lowest BCUT2D eigenvalue weighted by Crippen LogP contribution is -2.29. The van der Waals surface area contributed by atoms with Gasteiger partial charge in [-0.15, -0.1) is 0 Å². The first-order chi connectivity index (χ1) is 6.07. The Morgan fingerprint density at radius 1 is 1.31 bits per heavy atom. The van der Waals surface area contributed by atoms with Crippen molar-refractivity contribution < 1.29 is 4.79 Å². The van der Waals surface area contributed by atoms with Crippen LogP contribution in [0.2, 0.25) is 0 Å². The molecule has 0 heterocycles. The lowest BCUT2D eigenvalue weighted by Gasteiger charge is -2.19. The monoisotopic (exact) mass is 187 g/mol. The van der Waals surface area contributed by atoms with Gasteiger partial charge in [0.2, 0.25) is 5.91 Å². The van der Waals surface area contributed by atoms with Gasteiger partial charge < -0.3 is 4.90 Å². The lowest BCUT2D eigenvalue weighted by molar-refractivity contribution is -0.128. The van der Waals surface area contributed by atoms with Gasteiger partial charge in [0.1, 0.15) is 0 Å². The molecule has 0 aliphatic carbocycles. The predicted molar refractivity (Wildman–Crippen MR) is 58.7 cm³/mol. The summed E-state index contributed by atoms with van der Waals surface area (Å²) >= 11 is 0. The topological polar surface area (TPSA) is 20.3 Å². The number of carbonyl (C=O) groups is 1. The van der Waals surface area contributed by atoms with Gasteiger partial charge >= 0.3 is 0 Å². The number of hydrogen-bond donors (Lipinski definition) is 0. The molecular weight excluding hydrogens is 162 g/mol. The van der Waals surface area contributed by atoms with E-state index in [-0.39, 0.29) is 5.91 Å². The van der Waals surface area contributed by atoms with E-state index < -0.39 is 0 Å². The quantitative estimate of drug-likeness (QED) is 0.662. The summed E-state index contributed by atoms with van der Waals surface area (Å²) in [5.74, 6) is 0.872. The second kappa shape index (κ2) is 9.56. The summed E-state index contributed by atoms with van der Waals surface area (Å²) in [6.07, 6.45) is 1.10. The molecule has 0 rings (SSSR count). The highest BCUT2D eigenvalue weighted by Crippen LogP contribution is 2.01. The van der Waals surface area contributed by atoms with Gasteiger partial charge in [-0.1, -0.05) is 27.7 Å². The van der Waals surface area contributed by atoms with Gasteiger partial charge in [0.15, 0.2) is 0 Å². The molecule has 0 aromatic carbocycles. The van der Waals surface area contributed by atoms with Crippen molar-refractivity contribution in [3.63, 3.8) is 0 Å². The maximum Gasteiger partial charge on any atom is 0.219 e. The van der Waals surface area contributed by atoms with Crippen LogP contribution in [0.3, 0.4) is 0 Å². The Bertz CT molecular complexity index is 121. The molecule has 0 radical (unpaired) electrons. The normalized spacial score (nSPS) is 9.15. The molecule has 80 valence electrons.